The molecule has 0 fully saturated rings. The van der Waals surface area contributed by atoms with Crippen molar-refractivity contribution in [2.45, 2.75) is 32.1 Å². The van der Waals surface area contributed by atoms with Crippen LogP contribution in [-0.2, 0) is 19.3 Å². The fourth-order valence-corrected chi connectivity index (χ4v) is 3.77. The van der Waals surface area contributed by atoms with Crippen LogP contribution in [0.4, 0.5) is 14.5 Å². The van der Waals surface area contributed by atoms with Gasteiger partial charge in [0.1, 0.15) is 5.69 Å². The van der Waals surface area contributed by atoms with Crippen LogP contribution in [0, 0.1) is 23.0 Å². The number of hydrogen-bond acceptors (Lipinski definition) is 4. The quantitative estimate of drug-likeness (QED) is 0.932. The van der Waals surface area contributed by atoms with Crippen LogP contribution in [0.15, 0.2) is 12.1 Å². The van der Waals surface area contributed by atoms with Gasteiger partial charge in [0.05, 0.1) is 22.3 Å². The number of nitrogens with one attached hydrogen (secondary N) is 1. The molecule has 0 bridgehead atoms. The van der Waals surface area contributed by atoms with E-state index in [-0.39, 0.29) is 11.3 Å². The van der Waals surface area contributed by atoms with E-state index in [1.165, 1.54) is 23.4 Å². The SMILES string of the molecule is N#Cc1cc(F)c(NCCc2nc3c(s2)CCCC3)c(F)c1. The minimum Gasteiger partial charge on any atom is -0.380 e. The number of anilines is 1. The molecule has 22 heavy (non-hydrogen) atoms. The average molecular weight is 319 g/mol. The first-order valence-corrected chi connectivity index (χ1v) is 8.09. The standard InChI is InChI=1S/C16H15F2N3S/c17-11-7-10(9-19)8-12(18)16(11)20-6-5-15-21-13-3-1-2-4-14(13)22-15/h7-8,20H,1-6H2. The molecule has 0 aliphatic heterocycles. The van der Waals surface area contributed by atoms with Crippen molar-refractivity contribution < 1.29 is 8.78 Å². The number of nitrogens with zero attached hydrogens (tertiary/aromatic N) is 2. The first-order chi connectivity index (χ1) is 10.7. The van der Waals surface area contributed by atoms with E-state index in [4.69, 9.17) is 5.26 Å². The summed E-state index contributed by atoms with van der Waals surface area (Å²) in [6.45, 7) is 0.409. The lowest BCUT2D eigenvalue weighted by Crippen LogP contribution is -2.08. The lowest BCUT2D eigenvalue weighted by atomic mass is 10.0. The molecular formula is C16H15F2N3S. The lowest BCUT2D eigenvalue weighted by Gasteiger charge is -2.08. The molecule has 0 amide bonds. The highest BCUT2D eigenvalue weighted by Crippen LogP contribution is 2.27. The van der Waals surface area contributed by atoms with Gasteiger partial charge < -0.3 is 5.32 Å². The highest BCUT2D eigenvalue weighted by Gasteiger charge is 2.15. The van der Waals surface area contributed by atoms with Gasteiger partial charge in [-0.25, -0.2) is 13.8 Å². The van der Waals surface area contributed by atoms with Crippen molar-refractivity contribution in [1.29, 1.82) is 5.26 Å². The van der Waals surface area contributed by atoms with Crippen LogP contribution in [0.3, 0.4) is 0 Å². The van der Waals surface area contributed by atoms with Gasteiger partial charge >= 0.3 is 0 Å². The molecule has 0 radical (unpaired) electrons. The summed E-state index contributed by atoms with van der Waals surface area (Å²) in [6.07, 6.45) is 5.18. The summed E-state index contributed by atoms with van der Waals surface area (Å²) in [5, 5.41) is 12.4. The van der Waals surface area contributed by atoms with Crippen LogP contribution in [0.5, 0.6) is 0 Å². The van der Waals surface area contributed by atoms with Gasteiger partial charge in [-0.1, -0.05) is 0 Å². The minimum absolute atomic E-state index is 0.0202. The maximum atomic E-state index is 13.7. The maximum Gasteiger partial charge on any atom is 0.150 e. The maximum absolute atomic E-state index is 13.7. The molecule has 2 aromatic rings. The Bertz CT molecular complexity index is 687. The molecule has 114 valence electrons. The summed E-state index contributed by atoms with van der Waals surface area (Å²) >= 11 is 1.70. The summed E-state index contributed by atoms with van der Waals surface area (Å²) in [7, 11) is 0. The molecule has 3 rings (SSSR count). The Labute approximate surface area is 131 Å². The first kappa shape index (κ1) is 14.9. The van der Waals surface area contributed by atoms with E-state index in [0.29, 0.717) is 13.0 Å². The van der Waals surface area contributed by atoms with Crippen molar-refractivity contribution in [2.75, 3.05) is 11.9 Å². The van der Waals surface area contributed by atoms with Crippen LogP contribution < -0.4 is 5.32 Å². The Balaban J connectivity index is 1.64. The van der Waals surface area contributed by atoms with Gasteiger partial charge in [0.2, 0.25) is 0 Å². The van der Waals surface area contributed by atoms with Crippen molar-refractivity contribution in [3.63, 3.8) is 0 Å². The number of fused-ring (bicyclic) bond motifs is 1. The summed E-state index contributed by atoms with van der Waals surface area (Å²) in [4.78, 5) is 5.96. The zero-order valence-corrected chi connectivity index (χ0v) is 12.8. The van der Waals surface area contributed by atoms with Gasteiger partial charge in [-0.05, 0) is 37.8 Å². The van der Waals surface area contributed by atoms with E-state index < -0.39 is 11.6 Å². The molecule has 1 N–H and O–H groups in total. The van der Waals surface area contributed by atoms with Gasteiger partial charge in [-0.2, -0.15) is 5.26 Å². The van der Waals surface area contributed by atoms with E-state index in [2.05, 4.69) is 10.3 Å². The van der Waals surface area contributed by atoms with Crippen LogP contribution in [0.2, 0.25) is 0 Å². The third-order valence-electron chi connectivity index (χ3n) is 3.70. The highest BCUT2D eigenvalue weighted by molar-refractivity contribution is 7.11. The molecule has 6 heteroatoms. The second kappa shape index (κ2) is 6.41. The van der Waals surface area contributed by atoms with E-state index in [1.54, 1.807) is 17.4 Å². The molecule has 0 atom stereocenters. The zero-order valence-electron chi connectivity index (χ0n) is 12.0. The highest BCUT2D eigenvalue weighted by atomic mass is 32.1. The Morgan fingerprint density at radius 1 is 1.23 bits per heavy atom. The van der Waals surface area contributed by atoms with Crippen molar-refractivity contribution in [1.82, 2.24) is 4.98 Å². The van der Waals surface area contributed by atoms with Crippen LogP contribution in [-0.4, -0.2) is 11.5 Å². The second-order valence-corrected chi connectivity index (χ2v) is 6.46. The molecule has 1 aliphatic rings. The molecule has 0 saturated heterocycles. The molecule has 1 aromatic carbocycles. The molecule has 1 aromatic heterocycles. The van der Waals surface area contributed by atoms with Gasteiger partial charge in [0.15, 0.2) is 11.6 Å². The Morgan fingerprint density at radius 3 is 2.64 bits per heavy atom. The normalized spacial score (nSPS) is 13.5. The molecule has 0 saturated carbocycles. The number of rotatable bonds is 4. The fraction of sp³-hybridized carbons (Fsp3) is 0.375. The van der Waals surface area contributed by atoms with Crippen LogP contribution in [0.1, 0.15) is 34.0 Å². The Hall–Kier alpha value is -2.00. The Morgan fingerprint density at radius 2 is 1.95 bits per heavy atom. The van der Waals surface area contributed by atoms with Crippen molar-refractivity contribution in [3.05, 3.63) is 44.9 Å². The fourth-order valence-electron chi connectivity index (χ4n) is 2.61. The van der Waals surface area contributed by atoms with Crippen molar-refractivity contribution >= 4 is 17.0 Å². The predicted octanol–water partition coefficient (Wildman–Crippen LogP) is 3.83. The first-order valence-electron chi connectivity index (χ1n) is 7.28. The zero-order chi connectivity index (χ0) is 15.5. The summed E-state index contributed by atoms with van der Waals surface area (Å²) in [6, 6.07) is 3.80. The third kappa shape index (κ3) is 3.09. The summed E-state index contributed by atoms with van der Waals surface area (Å²) < 4.78 is 27.5. The third-order valence-corrected chi connectivity index (χ3v) is 4.92. The monoisotopic (exact) mass is 319 g/mol. The van der Waals surface area contributed by atoms with Gasteiger partial charge in [-0.3, -0.25) is 0 Å². The molecule has 1 heterocycles. The van der Waals surface area contributed by atoms with E-state index in [9.17, 15) is 8.78 Å². The predicted molar refractivity (Wildman–Crippen MR) is 82.0 cm³/mol. The van der Waals surface area contributed by atoms with Gasteiger partial charge in [0.25, 0.3) is 0 Å². The molecule has 3 nitrogen and oxygen atoms in total. The number of thiazole rings is 1. The van der Waals surface area contributed by atoms with Crippen LogP contribution in [0.25, 0.3) is 0 Å². The number of nitriles is 1. The topological polar surface area (TPSA) is 48.7 Å². The largest absolute Gasteiger partial charge is 0.380 e. The molecule has 0 spiro atoms. The van der Waals surface area contributed by atoms with E-state index >= 15 is 0 Å². The smallest absolute Gasteiger partial charge is 0.150 e. The number of halogens is 2. The molecule has 0 unspecified atom stereocenters. The van der Waals surface area contributed by atoms with Crippen LogP contribution >= 0.6 is 11.3 Å². The lowest BCUT2D eigenvalue weighted by molar-refractivity contribution is 0.587. The number of aromatic nitrogens is 1. The molecule has 1 aliphatic carbocycles. The van der Waals surface area contributed by atoms with Crippen molar-refractivity contribution in [2.24, 2.45) is 0 Å². The average Bonchev–Trinajstić information content (AvgIpc) is 2.92. The van der Waals surface area contributed by atoms with Gasteiger partial charge in [0, 0.05) is 17.8 Å². The van der Waals surface area contributed by atoms with E-state index in [0.717, 1.165) is 30.0 Å². The Kier molecular flexibility index (Phi) is 4.34. The minimum atomic E-state index is -0.741. The number of benzene rings is 1. The van der Waals surface area contributed by atoms with Crippen molar-refractivity contribution in [3.8, 4) is 6.07 Å². The second-order valence-electron chi connectivity index (χ2n) is 5.29. The van der Waals surface area contributed by atoms with Gasteiger partial charge in [-0.15, -0.1) is 11.3 Å². The number of aryl methyl sites for hydroxylation is 2. The van der Waals surface area contributed by atoms with E-state index in [1.807, 2.05) is 0 Å². The number of hydrogen-bond donors (Lipinski definition) is 1. The molecular weight excluding hydrogens is 304 g/mol. The summed E-state index contributed by atoms with van der Waals surface area (Å²) in [5.74, 6) is -1.48. The summed E-state index contributed by atoms with van der Waals surface area (Å²) in [5.41, 5.74) is 0.996.